The minimum absolute atomic E-state index is 0.0738. The highest BCUT2D eigenvalue weighted by atomic mass is 35.5. The molecule has 0 unspecified atom stereocenters. The molecule has 10 heteroatoms. The maximum atomic E-state index is 13.1. The Labute approximate surface area is 180 Å². The Morgan fingerprint density at radius 1 is 1.07 bits per heavy atom. The smallest absolute Gasteiger partial charge is 0.348 e. The summed E-state index contributed by atoms with van der Waals surface area (Å²) < 4.78 is 14.8. The van der Waals surface area contributed by atoms with E-state index in [2.05, 4.69) is 10.5 Å². The number of nitrogens with one attached hydrogen (secondary N) is 1. The molecule has 1 aromatic carbocycles. The summed E-state index contributed by atoms with van der Waals surface area (Å²) in [5, 5.41) is 7.18. The summed E-state index contributed by atoms with van der Waals surface area (Å²) in [6, 6.07) is 6.89. The topological polar surface area (TPSA) is 108 Å². The Hall–Kier alpha value is -3.17. The summed E-state index contributed by atoms with van der Waals surface area (Å²) >= 11 is 7.16. The monoisotopic (exact) mass is 448 g/mol. The highest BCUT2D eigenvalue weighted by molar-refractivity contribution is 7.18. The van der Waals surface area contributed by atoms with Gasteiger partial charge in [-0.3, -0.25) is 4.79 Å². The number of carbonyl (C=O) groups excluding carboxylic acids is 3. The number of ether oxygens (including phenoxy) is 2. The number of halogens is 1. The van der Waals surface area contributed by atoms with Crippen LogP contribution in [0.4, 0.5) is 5.00 Å². The van der Waals surface area contributed by atoms with Gasteiger partial charge in [0.25, 0.3) is 5.91 Å². The number of nitrogens with zero attached hydrogens (tertiary/aromatic N) is 1. The molecule has 1 amide bonds. The molecule has 0 saturated carbocycles. The quantitative estimate of drug-likeness (QED) is 0.572. The fourth-order valence-corrected chi connectivity index (χ4v) is 4.21. The average Bonchev–Trinajstić information content (AvgIpc) is 3.27. The Bertz CT molecular complexity index is 1150. The normalized spacial score (nSPS) is 10.6. The van der Waals surface area contributed by atoms with Crippen LogP contribution >= 0.6 is 22.9 Å². The predicted molar refractivity (Wildman–Crippen MR) is 111 cm³/mol. The van der Waals surface area contributed by atoms with Gasteiger partial charge in [0, 0.05) is 5.56 Å². The van der Waals surface area contributed by atoms with Crippen molar-refractivity contribution in [1.82, 2.24) is 5.16 Å². The SMILES string of the molecule is COC(=O)c1sc(NC(=O)c2c(-c3ccccc3Cl)noc2C)c(C(=O)OC)c1C. The zero-order chi connectivity index (χ0) is 22.0. The second-order valence-electron chi connectivity index (χ2n) is 6.14. The minimum Gasteiger partial charge on any atom is -0.465 e. The van der Waals surface area contributed by atoms with Gasteiger partial charge in [-0.05, 0) is 25.5 Å². The van der Waals surface area contributed by atoms with Crippen LogP contribution in [0.15, 0.2) is 28.8 Å². The maximum absolute atomic E-state index is 13.1. The van der Waals surface area contributed by atoms with Gasteiger partial charge < -0.3 is 19.3 Å². The summed E-state index contributed by atoms with van der Waals surface area (Å²) in [5.41, 5.74) is 1.36. The van der Waals surface area contributed by atoms with E-state index in [0.717, 1.165) is 11.3 Å². The molecule has 0 bridgehead atoms. The molecule has 3 rings (SSSR count). The number of hydrogen-bond donors (Lipinski definition) is 1. The highest BCUT2D eigenvalue weighted by Gasteiger charge is 2.29. The Morgan fingerprint density at radius 3 is 2.37 bits per heavy atom. The molecule has 156 valence electrons. The lowest BCUT2D eigenvalue weighted by Crippen LogP contribution is -2.15. The Balaban J connectivity index is 2.06. The van der Waals surface area contributed by atoms with Gasteiger partial charge in [0.1, 0.15) is 26.9 Å². The van der Waals surface area contributed by atoms with Gasteiger partial charge in [-0.2, -0.15) is 0 Å². The number of amides is 1. The third kappa shape index (κ3) is 3.81. The number of benzene rings is 1. The molecular weight excluding hydrogens is 432 g/mol. The molecule has 0 aliphatic carbocycles. The van der Waals surface area contributed by atoms with Crippen molar-refractivity contribution >= 4 is 45.8 Å². The minimum atomic E-state index is -0.692. The van der Waals surface area contributed by atoms with E-state index in [1.165, 1.54) is 14.2 Å². The van der Waals surface area contributed by atoms with E-state index >= 15 is 0 Å². The van der Waals surface area contributed by atoms with Crippen molar-refractivity contribution in [2.75, 3.05) is 19.5 Å². The fourth-order valence-electron chi connectivity index (χ4n) is 2.88. The molecule has 30 heavy (non-hydrogen) atoms. The predicted octanol–water partition coefficient (Wildman–Crippen LogP) is 4.50. The molecular formula is C20H17ClN2O6S. The van der Waals surface area contributed by atoms with E-state index in [-0.39, 0.29) is 32.5 Å². The standard InChI is InChI=1S/C20H17ClN2O6S/c1-9-13(19(25)27-3)18(30-16(9)20(26)28-4)22-17(24)14-10(2)29-23-15(14)11-7-5-6-8-12(11)21/h5-8H,1-4H3,(H,22,24). The summed E-state index contributed by atoms with van der Waals surface area (Å²) in [7, 11) is 2.44. The molecule has 0 saturated heterocycles. The molecule has 2 heterocycles. The second-order valence-corrected chi connectivity index (χ2v) is 7.57. The van der Waals surface area contributed by atoms with E-state index < -0.39 is 17.8 Å². The number of anilines is 1. The van der Waals surface area contributed by atoms with Crippen molar-refractivity contribution in [2.45, 2.75) is 13.8 Å². The van der Waals surface area contributed by atoms with Crippen molar-refractivity contribution in [1.29, 1.82) is 0 Å². The van der Waals surface area contributed by atoms with Gasteiger partial charge in [-0.15, -0.1) is 11.3 Å². The summed E-state index contributed by atoms with van der Waals surface area (Å²) in [6.07, 6.45) is 0. The largest absolute Gasteiger partial charge is 0.465 e. The molecule has 3 aromatic rings. The summed E-state index contributed by atoms with van der Waals surface area (Å²) in [6.45, 7) is 3.16. The van der Waals surface area contributed by atoms with E-state index in [1.807, 2.05) is 0 Å². The van der Waals surface area contributed by atoms with Gasteiger partial charge in [0.15, 0.2) is 0 Å². The van der Waals surface area contributed by atoms with Crippen LogP contribution in [0.25, 0.3) is 11.3 Å². The van der Waals surface area contributed by atoms with Crippen LogP contribution in [-0.4, -0.2) is 37.2 Å². The van der Waals surface area contributed by atoms with Gasteiger partial charge in [-0.1, -0.05) is 35.0 Å². The van der Waals surface area contributed by atoms with Gasteiger partial charge in [0.2, 0.25) is 0 Å². The van der Waals surface area contributed by atoms with Crippen LogP contribution in [0.3, 0.4) is 0 Å². The first kappa shape index (κ1) is 21.5. The Morgan fingerprint density at radius 2 is 1.73 bits per heavy atom. The van der Waals surface area contributed by atoms with E-state index in [4.69, 9.17) is 25.6 Å². The number of carbonyl (C=O) groups is 3. The van der Waals surface area contributed by atoms with Crippen molar-refractivity contribution in [2.24, 2.45) is 0 Å². The van der Waals surface area contributed by atoms with Gasteiger partial charge in [-0.25, -0.2) is 9.59 Å². The zero-order valence-corrected chi connectivity index (χ0v) is 18.1. The summed E-state index contributed by atoms with van der Waals surface area (Å²) in [5.74, 6) is -1.63. The molecule has 0 radical (unpaired) electrons. The first-order chi connectivity index (χ1) is 14.3. The molecule has 0 aliphatic heterocycles. The van der Waals surface area contributed by atoms with Crippen LogP contribution < -0.4 is 5.32 Å². The lowest BCUT2D eigenvalue weighted by Gasteiger charge is -2.07. The van der Waals surface area contributed by atoms with Crippen LogP contribution in [0.2, 0.25) is 5.02 Å². The summed E-state index contributed by atoms with van der Waals surface area (Å²) in [4.78, 5) is 37.6. The van der Waals surface area contributed by atoms with Crippen molar-refractivity contribution < 1.29 is 28.4 Å². The van der Waals surface area contributed by atoms with E-state index in [9.17, 15) is 14.4 Å². The number of rotatable bonds is 5. The number of methoxy groups -OCH3 is 2. The maximum Gasteiger partial charge on any atom is 0.348 e. The number of hydrogen-bond acceptors (Lipinski definition) is 8. The fraction of sp³-hybridized carbons (Fsp3) is 0.200. The lowest BCUT2D eigenvalue weighted by atomic mass is 10.1. The van der Waals surface area contributed by atoms with Crippen LogP contribution in [0.5, 0.6) is 0 Å². The molecule has 8 nitrogen and oxygen atoms in total. The molecule has 0 aliphatic rings. The first-order valence-electron chi connectivity index (χ1n) is 8.62. The molecule has 0 fully saturated rings. The molecule has 1 N–H and O–H groups in total. The van der Waals surface area contributed by atoms with E-state index in [0.29, 0.717) is 16.1 Å². The van der Waals surface area contributed by atoms with Crippen LogP contribution in [0, 0.1) is 13.8 Å². The van der Waals surface area contributed by atoms with Crippen molar-refractivity contribution in [3.63, 3.8) is 0 Å². The number of aryl methyl sites for hydroxylation is 1. The van der Waals surface area contributed by atoms with E-state index in [1.54, 1.807) is 38.1 Å². The highest BCUT2D eigenvalue weighted by Crippen LogP contribution is 2.36. The first-order valence-corrected chi connectivity index (χ1v) is 9.82. The van der Waals surface area contributed by atoms with Crippen LogP contribution in [-0.2, 0) is 9.47 Å². The Kier molecular flexibility index (Phi) is 6.23. The number of aromatic nitrogens is 1. The third-order valence-corrected chi connectivity index (χ3v) is 5.87. The molecule has 2 aromatic heterocycles. The van der Waals surface area contributed by atoms with Gasteiger partial charge in [0.05, 0.1) is 24.8 Å². The molecule has 0 spiro atoms. The zero-order valence-electron chi connectivity index (χ0n) is 16.5. The average molecular weight is 449 g/mol. The van der Waals surface area contributed by atoms with Crippen molar-refractivity contribution in [3.8, 4) is 11.3 Å². The lowest BCUT2D eigenvalue weighted by molar-refractivity contribution is 0.0601. The van der Waals surface area contributed by atoms with Crippen LogP contribution in [0.1, 0.15) is 41.7 Å². The van der Waals surface area contributed by atoms with Gasteiger partial charge >= 0.3 is 11.9 Å². The molecule has 0 atom stereocenters. The third-order valence-electron chi connectivity index (χ3n) is 4.35. The van der Waals surface area contributed by atoms with Crippen molar-refractivity contribution in [3.05, 3.63) is 56.6 Å². The second kappa shape index (κ2) is 8.68. The number of thiophene rings is 1. The number of esters is 2.